The van der Waals surface area contributed by atoms with Gasteiger partial charge in [0.2, 0.25) is 11.8 Å². The predicted octanol–water partition coefficient (Wildman–Crippen LogP) is 1.21. The summed E-state index contributed by atoms with van der Waals surface area (Å²) in [6.07, 6.45) is -0.0452. The Kier molecular flexibility index (Phi) is 4.62. The van der Waals surface area contributed by atoms with Crippen molar-refractivity contribution in [3.05, 3.63) is 29.0 Å². The third-order valence-electron chi connectivity index (χ3n) is 3.04. The number of aliphatic hydroxyl groups is 1. The van der Waals surface area contributed by atoms with E-state index < -0.39 is 17.5 Å². The molecule has 2 heterocycles. The van der Waals surface area contributed by atoms with Crippen molar-refractivity contribution in [2.75, 3.05) is 6.54 Å². The van der Waals surface area contributed by atoms with E-state index in [4.69, 9.17) is 9.52 Å². The average Bonchev–Trinajstić information content (AvgIpc) is 3.07. The van der Waals surface area contributed by atoms with E-state index in [1.165, 1.54) is 11.3 Å². The third-order valence-corrected chi connectivity index (χ3v) is 3.90. The lowest BCUT2D eigenvalue weighted by atomic mass is 10.1. The molecule has 0 aliphatic heterocycles. The number of thiophene rings is 1. The summed E-state index contributed by atoms with van der Waals surface area (Å²) < 4.78 is 5.52. The van der Waals surface area contributed by atoms with Crippen LogP contribution in [0.2, 0.25) is 0 Å². The highest BCUT2D eigenvalue weighted by Crippen LogP contribution is 2.26. The summed E-state index contributed by atoms with van der Waals surface area (Å²) in [5.41, 5.74) is -1.52. The van der Waals surface area contributed by atoms with E-state index in [-0.39, 0.29) is 13.0 Å². The lowest BCUT2D eigenvalue weighted by molar-refractivity contribution is -0.156. The fraction of sp³-hybridized carbons (Fsp3) is 0.357. The van der Waals surface area contributed by atoms with Gasteiger partial charge < -0.3 is 19.9 Å². The van der Waals surface area contributed by atoms with E-state index >= 15 is 0 Å². The summed E-state index contributed by atoms with van der Waals surface area (Å²) in [5, 5.41) is 22.6. The summed E-state index contributed by atoms with van der Waals surface area (Å²) in [5.74, 6) is -0.850. The second-order valence-electron chi connectivity index (χ2n) is 5.03. The largest absolute Gasteiger partial charge is 0.479 e. The standard InChI is InChI=1S/C14H16N2O5S/c1-8-9(16-12(21-8)10-4-3-5-22-10)6-11(17)15-7-14(2,20)13(18)19/h3-5,20H,6-7H2,1-2H3,(H,15,17)(H,18,19). The van der Waals surface area contributed by atoms with Gasteiger partial charge >= 0.3 is 5.97 Å². The Morgan fingerprint density at radius 2 is 2.23 bits per heavy atom. The van der Waals surface area contributed by atoms with Crippen LogP contribution in [-0.2, 0) is 16.0 Å². The Labute approximate surface area is 130 Å². The molecule has 0 fully saturated rings. The maximum Gasteiger partial charge on any atom is 0.337 e. The van der Waals surface area contributed by atoms with E-state index in [0.29, 0.717) is 17.3 Å². The lowest BCUT2D eigenvalue weighted by Crippen LogP contribution is -2.46. The van der Waals surface area contributed by atoms with Crippen LogP contribution in [0.25, 0.3) is 10.8 Å². The fourth-order valence-corrected chi connectivity index (χ4v) is 2.31. The number of carboxylic acid groups (broad SMARTS) is 1. The molecule has 3 N–H and O–H groups in total. The number of aromatic nitrogens is 1. The number of aryl methyl sites for hydroxylation is 1. The summed E-state index contributed by atoms with van der Waals surface area (Å²) in [6.45, 7) is 2.45. The Morgan fingerprint density at radius 1 is 1.50 bits per heavy atom. The van der Waals surface area contributed by atoms with Crippen LogP contribution in [-0.4, -0.2) is 39.2 Å². The zero-order valence-electron chi connectivity index (χ0n) is 12.1. The Hall–Kier alpha value is -2.19. The Bertz CT molecular complexity index is 675. The van der Waals surface area contributed by atoms with E-state index in [9.17, 15) is 14.7 Å². The van der Waals surface area contributed by atoms with Crippen molar-refractivity contribution < 1.29 is 24.2 Å². The van der Waals surface area contributed by atoms with Crippen molar-refractivity contribution in [2.45, 2.75) is 25.9 Å². The van der Waals surface area contributed by atoms with Gasteiger partial charge in [0.1, 0.15) is 5.76 Å². The van der Waals surface area contributed by atoms with Crippen LogP contribution in [0.5, 0.6) is 0 Å². The number of rotatable bonds is 6. The molecule has 2 rings (SSSR count). The maximum absolute atomic E-state index is 11.8. The van der Waals surface area contributed by atoms with Crippen molar-refractivity contribution in [3.8, 4) is 10.8 Å². The molecular formula is C14H16N2O5S. The molecule has 2 aromatic heterocycles. The van der Waals surface area contributed by atoms with Gasteiger partial charge in [-0.15, -0.1) is 11.3 Å². The quantitative estimate of drug-likeness (QED) is 0.736. The smallest absolute Gasteiger partial charge is 0.337 e. The number of carbonyl (C=O) groups is 2. The topological polar surface area (TPSA) is 113 Å². The van der Waals surface area contributed by atoms with Gasteiger partial charge in [-0.3, -0.25) is 4.79 Å². The highest BCUT2D eigenvalue weighted by atomic mass is 32.1. The predicted molar refractivity (Wildman–Crippen MR) is 79.5 cm³/mol. The molecule has 0 bridgehead atoms. The molecule has 0 radical (unpaired) electrons. The SMILES string of the molecule is Cc1oc(-c2cccs2)nc1CC(=O)NCC(C)(O)C(=O)O. The fourth-order valence-electron chi connectivity index (χ4n) is 1.66. The zero-order valence-corrected chi connectivity index (χ0v) is 12.9. The first-order chi connectivity index (χ1) is 10.3. The number of carboxylic acids is 1. The van der Waals surface area contributed by atoms with Crippen molar-refractivity contribution in [3.63, 3.8) is 0 Å². The van der Waals surface area contributed by atoms with Crippen molar-refractivity contribution in [1.29, 1.82) is 0 Å². The molecule has 2 aromatic rings. The minimum Gasteiger partial charge on any atom is -0.479 e. The highest BCUT2D eigenvalue weighted by Gasteiger charge is 2.30. The van der Waals surface area contributed by atoms with Crippen LogP contribution in [0, 0.1) is 6.92 Å². The van der Waals surface area contributed by atoms with Gasteiger partial charge in [0, 0.05) is 0 Å². The molecule has 1 unspecified atom stereocenters. The van der Waals surface area contributed by atoms with Crippen molar-refractivity contribution >= 4 is 23.2 Å². The number of amides is 1. The summed E-state index contributed by atoms with van der Waals surface area (Å²) in [6, 6.07) is 3.74. The van der Waals surface area contributed by atoms with Crippen LogP contribution >= 0.6 is 11.3 Å². The van der Waals surface area contributed by atoms with Crippen LogP contribution in [0.3, 0.4) is 0 Å². The first kappa shape index (κ1) is 16.2. The average molecular weight is 324 g/mol. The highest BCUT2D eigenvalue weighted by molar-refractivity contribution is 7.13. The van der Waals surface area contributed by atoms with Crippen LogP contribution in [0.4, 0.5) is 0 Å². The molecule has 0 aromatic carbocycles. The molecule has 0 saturated carbocycles. The molecule has 0 spiro atoms. The van der Waals surface area contributed by atoms with Gasteiger partial charge in [-0.1, -0.05) is 6.07 Å². The number of oxazole rings is 1. The number of hydrogen-bond acceptors (Lipinski definition) is 6. The van der Waals surface area contributed by atoms with Gasteiger partial charge in [-0.05, 0) is 25.3 Å². The van der Waals surface area contributed by atoms with Crippen LogP contribution in [0.15, 0.2) is 21.9 Å². The Morgan fingerprint density at radius 3 is 2.82 bits per heavy atom. The zero-order chi connectivity index (χ0) is 16.3. The van der Waals surface area contributed by atoms with Gasteiger partial charge in [0.25, 0.3) is 0 Å². The number of nitrogens with zero attached hydrogens (tertiary/aromatic N) is 1. The first-order valence-electron chi connectivity index (χ1n) is 6.52. The number of aliphatic carboxylic acids is 1. The van der Waals surface area contributed by atoms with Crippen molar-refractivity contribution in [2.24, 2.45) is 0 Å². The van der Waals surface area contributed by atoms with Crippen LogP contribution < -0.4 is 5.32 Å². The van der Waals surface area contributed by atoms with E-state index in [2.05, 4.69) is 10.3 Å². The summed E-state index contributed by atoms with van der Waals surface area (Å²) in [4.78, 5) is 27.7. The maximum atomic E-state index is 11.8. The van der Waals surface area contributed by atoms with Gasteiger partial charge in [0.05, 0.1) is 23.5 Å². The molecule has 8 heteroatoms. The molecule has 118 valence electrons. The first-order valence-corrected chi connectivity index (χ1v) is 7.40. The second kappa shape index (κ2) is 6.29. The molecule has 22 heavy (non-hydrogen) atoms. The minimum atomic E-state index is -2.00. The molecular weight excluding hydrogens is 308 g/mol. The summed E-state index contributed by atoms with van der Waals surface area (Å²) >= 11 is 1.48. The van der Waals surface area contributed by atoms with Gasteiger partial charge in [-0.25, -0.2) is 9.78 Å². The Balaban J connectivity index is 1.99. The van der Waals surface area contributed by atoms with E-state index in [0.717, 1.165) is 11.8 Å². The van der Waals surface area contributed by atoms with Crippen LogP contribution in [0.1, 0.15) is 18.4 Å². The minimum absolute atomic E-state index is 0.0452. The van der Waals surface area contributed by atoms with Gasteiger partial charge in [-0.2, -0.15) is 0 Å². The van der Waals surface area contributed by atoms with Gasteiger partial charge in [0.15, 0.2) is 5.60 Å². The summed E-state index contributed by atoms with van der Waals surface area (Å²) in [7, 11) is 0. The van der Waals surface area contributed by atoms with Crippen molar-refractivity contribution in [1.82, 2.24) is 10.3 Å². The molecule has 1 atom stereocenters. The number of nitrogens with one attached hydrogen (secondary N) is 1. The third kappa shape index (κ3) is 3.71. The lowest BCUT2D eigenvalue weighted by Gasteiger charge is -2.17. The molecule has 7 nitrogen and oxygen atoms in total. The monoisotopic (exact) mass is 324 g/mol. The normalized spacial score (nSPS) is 13.6. The number of carbonyl (C=O) groups excluding carboxylic acids is 1. The molecule has 0 aliphatic carbocycles. The molecule has 0 aliphatic rings. The number of hydrogen-bond donors (Lipinski definition) is 3. The second-order valence-corrected chi connectivity index (χ2v) is 5.98. The van der Waals surface area contributed by atoms with E-state index in [1.807, 2.05) is 17.5 Å². The molecule has 1 amide bonds. The molecule has 0 saturated heterocycles. The van der Waals surface area contributed by atoms with E-state index in [1.54, 1.807) is 6.92 Å².